The molecule has 3 aromatic rings. The van der Waals surface area contributed by atoms with E-state index in [1.807, 2.05) is 24.3 Å². The van der Waals surface area contributed by atoms with Gasteiger partial charge in [0.1, 0.15) is 0 Å². The molecule has 1 N–H and O–H groups in total. The number of hydrogen-bond acceptors (Lipinski definition) is 3. The summed E-state index contributed by atoms with van der Waals surface area (Å²) >= 11 is 0. The Labute approximate surface area is 140 Å². The molecule has 0 spiro atoms. The van der Waals surface area contributed by atoms with Gasteiger partial charge in [0.05, 0.1) is 17.6 Å². The molecule has 0 fully saturated rings. The Kier molecular flexibility index (Phi) is 3.65. The second-order valence-corrected chi connectivity index (χ2v) is 6.16. The van der Waals surface area contributed by atoms with Crippen molar-refractivity contribution in [2.45, 2.75) is 19.4 Å². The van der Waals surface area contributed by atoms with Gasteiger partial charge >= 0.3 is 5.97 Å². The maximum Gasteiger partial charge on any atom is 0.309 e. The first-order chi connectivity index (χ1) is 11.7. The fourth-order valence-electron chi connectivity index (χ4n) is 3.42. The minimum atomic E-state index is -0.854. The third-order valence-electron chi connectivity index (χ3n) is 4.55. The second kappa shape index (κ2) is 5.96. The van der Waals surface area contributed by atoms with Crippen LogP contribution in [0.3, 0.4) is 0 Å². The average Bonchev–Trinajstić information content (AvgIpc) is 2.60. The number of nitrogens with zero attached hydrogens (tertiary/aromatic N) is 2. The van der Waals surface area contributed by atoms with Gasteiger partial charge in [-0.2, -0.15) is 0 Å². The lowest BCUT2D eigenvalue weighted by Crippen LogP contribution is -2.30. The summed E-state index contributed by atoms with van der Waals surface area (Å²) in [6.45, 7) is 1.77. The van der Waals surface area contributed by atoms with Crippen molar-refractivity contribution >= 4 is 22.6 Å². The predicted octanol–water partition coefficient (Wildman–Crippen LogP) is 3.42. The normalized spacial score (nSPS) is 13.8. The molecule has 0 saturated heterocycles. The summed E-state index contributed by atoms with van der Waals surface area (Å²) in [5.41, 5.74) is 5.27. The first-order valence-corrected chi connectivity index (χ1v) is 8.13. The van der Waals surface area contributed by atoms with Crippen LogP contribution in [0.2, 0.25) is 0 Å². The summed E-state index contributed by atoms with van der Waals surface area (Å²) in [5, 5.41) is 10.2. The number of anilines is 1. The van der Waals surface area contributed by atoms with Crippen LogP contribution >= 0.6 is 0 Å². The van der Waals surface area contributed by atoms with Gasteiger partial charge in [-0.1, -0.05) is 42.5 Å². The van der Waals surface area contributed by atoms with Crippen molar-refractivity contribution in [2.75, 3.05) is 11.4 Å². The molecule has 0 bridgehead atoms. The molecule has 0 radical (unpaired) electrons. The van der Waals surface area contributed by atoms with E-state index in [1.54, 1.807) is 0 Å². The summed E-state index contributed by atoms with van der Waals surface area (Å²) < 4.78 is 0. The van der Waals surface area contributed by atoms with E-state index in [9.17, 15) is 4.79 Å². The van der Waals surface area contributed by atoms with Crippen LogP contribution in [-0.2, 0) is 24.2 Å². The predicted molar refractivity (Wildman–Crippen MR) is 94.3 cm³/mol. The monoisotopic (exact) mass is 318 g/mol. The van der Waals surface area contributed by atoms with Crippen LogP contribution in [0.15, 0.2) is 54.6 Å². The van der Waals surface area contributed by atoms with Gasteiger partial charge in [-0.3, -0.25) is 9.78 Å². The van der Waals surface area contributed by atoms with Gasteiger partial charge in [0.15, 0.2) is 0 Å². The molecule has 4 rings (SSSR count). The van der Waals surface area contributed by atoms with E-state index in [1.165, 1.54) is 11.1 Å². The van der Waals surface area contributed by atoms with Gasteiger partial charge in [0, 0.05) is 24.2 Å². The number of para-hydroxylation sites is 1. The average molecular weight is 318 g/mol. The van der Waals surface area contributed by atoms with Crippen molar-refractivity contribution in [1.29, 1.82) is 0 Å². The number of fused-ring (bicyclic) bond motifs is 2. The lowest BCUT2D eigenvalue weighted by atomic mass is 9.98. The molecule has 24 heavy (non-hydrogen) atoms. The van der Waals surface area contributed by atoms with E-state index in [0.717, 1.165) is 36.1 Å². The fraction of sp³-hybridized carbons (Fsp3) is 0.200. The largest absolute Gasteiger partial charge is 0.481 e. The smallest absolute Gasteiger partial charge is 0.309 e. The lowest BCUT2D eigenvalue weighted by Gasteiger charge is -2.31. The molecule has 0 atom stereocenters. The number of pyridine rings is 1. The van der Waals surface area contributed by atoms with Crippen LogP contribution in [0.4, 0.5) is 5.69 Å². The van der Waals surface area contributed by atoms with Crippen LogP contribution < -0.4 is 4.90 Å². The first-order valence-electron chi connectivity index (χ1n) is 8.13. The summed E-state index contributed by atoms with van der Waals surface area (Å²) in [5.74, 6) is -0.854. The molecule has 1 aromatic heterocycles. The Bertz CT molecular complexity index is 920. The zero-order valence-corrected chi connectivity index (χ0v) is 13.3. The van der Waals surface area contributed by atoms with Crippen LogP contribution in [0.1, 0.15) is 16.8 Å². The van der Waals surface area contributed by atoms with E-state index in [2.05, 4.69) is 40.2 Å². The van der Waals surface area contributed by atoms with Gasteiger partial charge in [-0.05, 0) is 29.7 Å². The molecule has 0 aliphatic carbocycles. The van der Waals surface area contributed by atoms with Crippen LogP contribution in [0.25, 0.3) is 10.9 Å². The molecule has 120 valence electrons. The third kappa shape index (κ3) is 2.71. The van der Waals surface area contributed by atoms with Crippen LogP contribution in [0, 0.1) is 0 Å². The van der Waals surface area contributed by atoms with Crippen molar-refractivity contribution in [1.82, 2.24) is 4.98 Å². The summed E-state index contributed by atoms with van der Waals surface area (Å²) in [7, 11) is 0. The Balaban J connectivity index is 1.79. The van der Waals surface area contributed by atoms with Crippen molar-refractivity contribution in [3.63, 3.8) is 0 Å². The van der Waals surface area contributed by atoms with Crippen molar-refractivity contribution in [3.8, 4) is 0 Å². The molecule has 4 nitrogen and oxygen atoms in total. The molecular formula is C20H18N2O2. The molecule has 2 aromatic carbocycles. The number of rotatable bonds is 3. The van der Waals surface area contributed by atoms with E-state index in [-0.39, 0.29) is 6.42 Å². The molecule has 2 heterocycles. The number of carboxylic acids is 1. The maximum atomic E-state index is 11.1. The Morgan fingerprint density at radius 1 is 1.08 bits per heavy atom. The third-order valence-corrected chi connectivity index (χ3v) is 4.55. The topological polar surface area (TPSA) is 53.4 Å². The lowest BCUT2D eigenvalue weighted by molar-refractivity contribution is -0.136. The van der Waals surface area contributed by atoms with Gasteiger partial charge in [-0.25, -0.2) is 0 Å². The highest BCUT2D eigenvalue weighted by molar-refractivity contribution is 5.92. The SMILES string of the molecule is O=C(O)Cc1cc(N2CCc3ccccc3C2)c2ccccc2n1. The standard InChI is InChI=1S/C20H18N2O2/c23-20(24)12-16-11-19(17-7-3-4-8-18(17)21-16)22-10-9-14-5-1-2-6-15(14)13-22/h1-8,11H,9-10,12-13H2,(H,23,24). The molecule has 4 heteroatoms. The van der Waals surface area contributed by atoms with E-state index in [4.69, 9.17) is 5.11 Å². The quantitative estimate of drug-likeness (QED) is 0.804. The highest BCUT2D eigenvalue weighted by atomic mass is 16.4. The summed E-state index contributed by atoms with van der Waals surface area (Å²) in [6.07, 6.45) is 0.948. The van der Waals surface area contributed by atoms with Crippen molar-refractivity contribution in [2.24, 2.45) is 0 Å². The maximum absolute atomic E-state index is 11.1. The Hall–Kier alpha value is -2.88. The number of benzene rings is 2. The van der Waals surface area contributed by atoms with Gasteiger partial charge < -0.3 is 10.0 Å². The highest BCUT2D eigenvalue weighted by Gasteiger charge is 2.19. The van der Waals surface area contributed by atoms with E-state index in [0.29, 0.717) is 5.69 Å². The zero-order chi connectivity index (χ0) is 16.5. The number of hydrogen-bond donors (Lipinski definition) is 1. The number of aromatic nitrogens is 1. The molecule has 0 saturated carbocycles. The molecule has 1 aliphatic rings. The first kappa shape index (κ1) is 14.7. The molecule has 0 amide bonds. The van der Waals surface area contributed by atoms with E-state index >= 15 is 0 Å². The highest BCUT2D eigenvalue weighted by Crippen LogP contribution is 2.31. The number of aliphatic carboxylic acids is 1. The van der Waals surface area contributed by atoms with Gasteiger partial charge in [-0.15, -0.1) is 0 Å². The Morgan fingerprint density at radius 2 is 1.83 bits per heavy atom. The second-order valence-electron chi connectivity index (χ2n) is 6.16. The zero-order valence-electron chi connectivity index (χ0n) is 13.3. The number of carbonyl (C=O) groups is 1. The summed E-state index contributed by atoms with van der Waals surface area (Å²) in [6, 6.07) is 18.4. The molecular weight excluding hydrogens is 300 g/mol. The van der Waals surface area contributed by atoms with Crippen LogP contribution in [0.5, 0.6) is 0 Å². The van der Waals surface area contributed by atoms with Gasteiger partial charge in [0.25, 0.3) is 0 Å². The minimum Gasteiger partial charge on any atom is -0.481 e. The van der Waals surface area contributed by atoms with Crippen LogP contribution in [-0.4, -0.2) is 22.6 Å². The minimum absolute atomic E-state index is 0.0533. The number of carboxylic acid groups (broad SMARTS) is 1. The van der Waals surface area contributed by atoms with Crippen molar-refractivity contribution in [3.05, 3.63) is 71.4 Å². The molecule has 0 unspecified atom stereocenters. The summed E-state index contributed by atoms with van der Waals surface area (Å²) in [4.78, 5) is 17.9. The molecule has 1 aliphatic heterocycles. The van der Waals surface area contributed by atoms with Crippen molar-refractivity contribution < 1.29 is 9.90 Å². The Morgan fingerprint density at radius 3 is 2.67 bits per heavy atom. The van der Waals surface area contributed by atoms with Gasteiger partial charge in [0.2, 0.25) is 0 Å². The fourth-order valence-corrected chi connectivity index (χ4v) is 3.42. The van der Waals surface area contributed by atoms with E-state index < -0.39 is 5.97 Å².